The summed E-state index contributed by atoms with van der Waals surface area (Å²) < 4.78 is 14.8. The third-order valence-electron chi connectivity index (χ3n) is 7.30. The zero-order valence-corrected chi connectivity index (χ0v) is 27.1. The molecule has 0 fully saturated rings. The molecule has 0 spiro atoms. The average molecular weight is 625 g/mol. The summed E-state index contributed by atoms with van der Waals surface area (Å²) in [6, 6.07) is 21.8. The molecule has 0 bridgehead atoms. The second-order valence-electron chi connectivity index (χ2n) is 11.6. The average Bonchev–Trinajstić information content (AvgIpc) is 3.57. The predicted octanol–water partition coefficient (Wildman–Crippen LogP) is 8.96. The van der Waals surface area contributed by atoms with Gasteiger partial charge in [-0.3, -0.25) is 9.67 Å². The fraction of sp³-hybridized carbons (Fsp3) is 0.257. The maximum Gasteiger partial charge on any atom is 0.339 e. The molecule has 6 aromatic rings. The number of carbonyl (C=O) groups is 1. The number of thiazole rings is 1. The molecular weight excluding hydrogens is 592 g/mol. The van der Waals surface area contributed by atoms with Crippen LogP contribution in [0.25, 0.3) is 54.2 Å². The van der Waals surface area contributed by atoms with Crippen molar-refractivity contribution in [2.45, 2.75) is 46.3 Å². The summed E-state index contributed by atoms with van der Waals surface area (Å²) in [6.07, 6.45) is 0.867. The van der Waals surface area contributed by atoms with E-state index in [1.165, 1.54) is 0 Å². The van der Waals surface area contributed by atoms with Crippen LogP contribution in [0.3, 0.4) is 0 Å². The molecule has 0 aliphatic carbocycles. The lowest BCUT2D eigenvalue weighted by molar-refractivity contribution is -0.166. The number of benzene rings is 3. The quantitative estimate of drug-likeness (QED) is 0.165. The lowest BCUT2D eigenvalue weighted by Gasteiger charge is -2.29. The number of hydrogen-bond donors (Lipinski definition) is 0. The first-order valence-corrected chi connectivity index (χ1v) is 15.7. The fourth-order valence-electron chi connectivity index (χ4n) is 5.47. The Bertz CT molecular complexity index is 2010. The minimum atomic E-state index is -0.930. The van der Waals surface area contributed by atoms with Crippen molar-refractivity contribution in [2.24, 2.45) is 7.05 Å². The topological polar surface area (TPSA) is 79.1 Å². The van der Waals surface area contributed by atoms with Crippen LogP contribution in [-0.2, 0) is 21.3 Å². The lowest BCUT2D eigenvalue weighted by atomic mass is 9.91. The smallest absolute Gasteiger partial charge is 0.339 e. The van der Waals surface area contributed by atoms with Crippen molar-refractivity contribution in [3.05, 3.63) is 89.1 Å². The highest BCUT2D eigenvalue weighted by Crippen LogP contribution is 2.45. The molecule has 3 heterocycles. The zero-order valence-electron chi connectivity index (χ0n) is 25.5. The Morgan fingerprint density at radius 2 is 1.80 bits per heavy atom. The third-order valence-corrected chi connectivity index (χ3v) is 8.69. The van der Waals surface area contributed by atoms with E-state index < -0.39 is 17.7 Å². The molecule has 0 saturated heterocycles. The van der Waals surface area contributed by atoms with E-state index in [9.17, 15) is 4.79 Å². The molecule has 7 nitrogen and oxygen atoms in total. The molecule has 44 heavy (non-hydrogen) atoms. The van der Waals surface area contributed by atoms with Crippen molar-refractivity contribution < 1.29 is 14.3 Å². The highest BCUT2D eigenvalue weighted by atomic mass is 35.5. The van der Waals surface area contributed by atoms with Crippen molar-refractivity contribution in [2.75, 3.05) is 6.61 Å². The van der Waals surface area contributed by atoms with Gasteiger partial charge in [0.05, 0.1) is 33.6 Å². The van der Waals surface area contributed by atoms with Gasteiger partial charge in [0.2, 0.25) is 0 Å². The van der Waals surface area contributed by atoms with Gasteiger partial charge in [0.25, 0.3) is 0 Å². The van der Waals surface area contributed by atoms with E-state index >= 15 is 0 Å². The third kappa shape index (κ3) is 5.73. The zero-order chi connectivity index (χ0) is 31.2. The van der Waals surface area contributed by atoms with Crippen molar-refractivity contribution in [3.63, 3.8) is 0 Å². The van der Waals surface area contributed by atoms with Crippen LogP contribution in [-0.4, -0.2) is 37.9 Å². The molecule has 1 atom stereocenters. The summed E-state index contributed by atoms with van der Waals surface area (Å²) in [5.41, 5.74) is 7.24. The Morgan fingerprint density at radius 1 is 1.05 bits per heavy atom. The monoisotopic (exact) mass is 624 g/mol. The van der Waals surface area contributed by atoms with Gasteiger partial charge in [-0.05, 0) is 82.1 Å². The molecule has 0 N–H and O–H groups in total. The van der Waals surface area contributed by atoms with Gasteiger partial charge in [-0.25, -0.2) is 9.78 Å². The summed E-state index contributed by atoms with van der Waals surface area (Å²) in [6.45, 7) is 9.85. The molecule has 6 rings (SSSR count). The van der Waals surface area contributed by atoms with Crippen molar-refractivity contribution in [3.8, 4) is 33.1 Å². The van der Waals surface area contributed by atoms with Gasteiger partial charge in [-0.2, -0.15) is 5.10 Å². The number of aryl methyl sites for hydroxylation is 2. The van der Waals surface area contributed by atoms with Gasteiger partial charge in [0.1, 0.15) is 10.7 Å². The Kier molecular flexibility index (Phi) is 8.01. The molecule has 0 unspecified atom stereocenters. The van der Waals surface area contributed by atoms with Crippen LogP contribution >= 0.6 is 22.9 Å². The van der Waals surface area contributed by atoms with Gasteiger partial charge in [0.15, 0.2) is 6.10 Å². The summed E-state index contributed by atoms with van der Waals surface area (Å²) in [5, 5.41) is 7.27. The van der Waals surface area contributed by atoms with Gasteiger partial charge in [-0.1, -0.05) is 41.9 Å². The number of fused-ring (bicyclic) bond motifs is 2. The van der Waals surface area contributed by atoms with E-state index in [2.05, 4.69) is 11.1 Å². The number of hydrogen-bond acceptors (Lipinski definition) is 7. The van der Waals surface area contributed by atoms with Crippen molar-refractivity contribution in [1.82, 2.24) is 19.7 Å². The van der Waals surface area contributed by atoms with Gasteiger partial charge in [0, 0.05) is 40.3 Å². The SMILES string of the molecule is CCOC(=O)[C@@H](OC(C)(C)C)c1c(C)cc2nc(-c3ccnc(-c4nn(C)c5ccccc45)c3)sc2c1-c1ccc(Cl)cc1. The maximum absolute atomic E-state index is 13.4. The van der Waals surface area contributed by atoms with E-state index in [4.69, 9.17) is 31.2 Å². The summed E-state index contributed by atoms with van der Waals surface area (Å²) in [7, 11) is 1.94. The largest absolute Gasteiger partial charge is 0.464 e. The van der Waals surface area contributed by atoms with Gasteiger partial charge < -0.3 is 9.47 Å². The molecule has 224 valence electrons. The molecule has 0 saturated carbocycles. The minimum absolute atomic E-state index is 0.251. The number of para-hydroxylation sites is 1. The number of esters is 1. The Hall–Kier alpha value is -4.11. The molecule has 0 radical (unpaired) electrons. The highest BCUT2D eigenvalue weighted by molar-refractivity contribution is 7.22. The molecule has 0 aliphatic rings. The summed E-state index contributed by atoms with van der Waals surface area (Å²) >= 11 is 7.86. The fourth-order valence-corrected chi connectivity index (χ4v) is 6.72. The molecule has 3 aromatic heterocycles. The summed E-state index contributed by atoms with van der Waals surface area (Å²) in [5.74, 6) is -0.425. The van der Waals surface area contributed by atoms with Crippen molar-refractivity contribution in [1.29, 1.82) is 0 Å². The van der Waals surface area contributed by atoms with Crippen LogP contribution in [0.1, 0.15) is 44.9 Å². The first-order chi connectivity index (χ1) is 21.0. The van der Waals surface area contributed by atoms with Crippen LogP contribution in [0, 0.1) is 6.92 Å². The number of ether oxygens (including phenoxy) is 2. The summed E-state index contributed by atoms with van der Waals surface area (Å²) in [4.78, 5) is 23.2. The number of nitrogens with zero attached hydrogens (tertiary/aromatic N) is 4. The number of halogens is 1. The van der Waals surface area contributed by atoms with E-state index in [0.717, 1.165) is 65.3 Å². The number of rotatable bonds is 7. The standard InChI is InChI=1S/C35H33ClN4O3S/c1-7-42-34(41)31(43-35(3,4)5)28-20(2)18-26-32(29(28)21-12-14-23(36)15-13-21)44-33(38-26)22-16-17-37-25(19-22)30-24-10-8-9-11-27(24)40(6)39-30/h8-19,31H,7H2,1-6H3/t31-/m0/s1. The number of pyridine rings is 1. The lowest BCUT2D eigenvalue weighted by Crippen LogP contribution is -2.29. The normalized spacial score (nSPS) is 12.6. The van der Waals surface area contributed by atoms with Crippen LogP contribution < -0.4 is 0 Å². The number of carbonyl (C=O) groups excluding carboxylic acids is 1. The van der Waals surface area contributed by atoms with Crippen LogP contribution in [0.15, 0.2) is 72.9 Å². The van der Waals surface area contributed by atoms with E-state index in [-0.39, 0.29) is 6.61 Å². The minimum Gasteiger partial charge on any atom is -0.464 e. The molecule has 0 aliphatic heterocycles. The van der Waals surface area contributed by atoms with Crippen LogP contribution in [0.2, 0.25) is 5.02 Å². The molecule has 9 heteroatoms. The van der Waals surface area contributed by atoms with Crippen LogP contribution in [0.5, 0.6) is 0 Å². The molecule has 3 aromatic carbocycles. The maximum atomic E-state index is 13.4. The second-order valence-corrected chi connectivity index (χ2v) is 13.1. The molecular formula is C35H33ClN4O3S. The van der Waals surface area contributed by atoms with E-state index in [1.807, 2.05) is 100 Å². The first kappa shape index (κ1) is 29.9. The molecule has 0 amide bonds. The van der Waals surface area contributed by atoms with E-state index in [0.29, 0.717) is 5.02 Å². The second kappa shape index (κ2) is 11.8. The van der Waals surface area contributed by atoms with Gasteiger partial charge in [-0.15, -0.1) is 11.3 Å². The predicted molar refractivity (Wildman–Crippen MR) is 178 cm³/mol. The first-order valence-electron chi connectivity index (χ1n) is 14.5. The Morgan fingerprint density at radius 3 is 2.52 bits per heavy atom. The van der Waals surface area contributed by atoms with Gasteiger partial charge >= 0.3 is 5.97 Å². The van der Waals surface area contributed by atoms with Crippen LogP contribution in [0.4, 0.5) is 0 Å². The van der Waals surface area contributed by atoms with E-state index in [1.54, 1.807) is 24.5 Å². The Labute approximate surface area is 265 Å². The number of aromatic nitrogens is 4. The van der Waals surface area contributed by atoms with Crippen molar-refractivity contribution >= 4 is 50.0 Å². The Balaban J connectivity index is 1.56. The highest BCUT2D eigenvalue weighted by Gasteiger charge is 2.33.